The van der Waals surface area contributed by atoms with E-state index in [0.29, 0.717) is 42.5 Å². The number of amides is 1. The molecule has 1 amide bonds. The van der Waals surface area contributed by atoms with Crippen molar-refractivity contribution in [1.29, 1.82) is 0 Å². The average Bonchev–Trinajstić information content (AvgIpc) is 3.29. The molecule has 0 saturated heterocycles. The second-order valence-electron chi connectivity index (χ2n) is 6.33. The lowest BCUT2D eigenvalue weighted by Gasteiger charge is -2.25. The van der Waals surface area contributed by atoms with Gasteiger partial charge in [-0.2, -0.15) is 0 Å². The van der Waals surface area contributed by atoms with Crippen LogP contribution < -0.4 is 14.4 Å². The Labute approximate surface area is 172 Å². The largest absolute Gasteiger partial charge is 0.486 e. The third-order valence-corrected chi connectivity index (χ3v) is 5.23. The number of hydrogen-bond acceptors (Lipinski definition) is 6. The second-order valence-corrected chi connectivity index (χ2v) is 7.36. The zero-order valence-corrected chi connectivity index (χ0v) is 16.4. The van der Waals surface area contributed by atoms with Gasteiger partial charge in [-0.05, 0) is 35.7 Å². The number of carbonyl (C=O) groups excluding carboxylic acids is 2. The van der Waals surface area contributed by atoms with Gasteiger partial charge in [0.15, 0.2) is 18.1 Å². The molecule has 0 saturated carbocycles. The number of esters is 1. The lowest BCUT2D eigenvalue weighted by atomic mass is 10.2. The van der Waals surface area contributed by atoms with Crippen molar-refractivity contribution in [2.45, 2.75) is 6.54 Å². The molecular weight excluding hydrogens is 390 g/mol. The van der Waals surface area contributed by atoms with Gasteiger partial charge in [0, 0.05) is 16.6 Å². The fourth-order valence-corrected chi connectivity index (χ4v) is 3.64. The van der Waals surface area contributed by atoms with Crippen LogP contribution in [0, 0.1) is 0 Å². The van der Waals surface area contributed by atoms with Gasteiger partial charge in [0.1, 0.15) is 13.2 Å². The van der Waals surface area contributed by atoms with E-state index in [1.165, 1.54) is 0 Å². The van der Waals surface area contributed by atoms with E-state index in [0.717, 1.165) is 4.88 Å². The summed E-state index contributed by atoms with van der Waals surface area (Å²) < 4.78 is 16.4. The van der Waals surface area contributed by atoms with Crippen molar-refractivity contribution in [3.05, 3.63) is 76.5 Å². The number of rotatable bonds is 6. The quantitative estimate of drug-likeness (QED) is 0.578. The van der Waals surface area contributed by atoms with Gasteiger partial charge in [-0.1, -0.05) is 24.3 Å². The first-order valence-electron chi connectivity index (χ1n) is 9.15. The minimum atomic E-state index is -0.530. The number of nitrogens with zero attached hydrogens (tertiary/aromatic N) is 1. The Hall–Kier alpha value is -3.32. The predicted octanol–water partition coefficient (Wildman–Crippen LogP) is 3.91. The lowest BCUT2D eigenvalue weighted by Crippen LogP contribution is -2.34. The summed E-state index contributed by atoms with van der Waals surface area (Å²) in [7, 11) is 0. The molecule has 148 valence electrons. The van der Waals surface area contributed by atoms with Gasteiger partial charge in [0.2, 0.25) is 0 Å². The Morgan fingerprint density at radius 3 is 2.52 bits per heavy atom. The standard InChI is InChI=1S/C22H19NO5S/c24-21(15-28-22(25)16-5-2-1-3-6-16)23(14-18-7-4-12-29-18)17-8-9-19-20(13-17)27-11-10-26-19/h1-9,12-13H,10-11,14-15H2. The Morgan fingerprint density at radius 2 is 1.76 bits per heavy atom. The molecule has 1 aliphatic rings. The van der Waals surface area contributed by atoms with Crippen LogP contribution in [0.3, 0.4) is 0 Å². The number of thiophene rings is 1. The maximum absolute atomic E-state index is 13.0. The Bertz CT molecular complexity index is 988. The molecule has 0 radical (unpaired) electrons. The van der Waals surface area contributed by atoms with Crippen molar-refractivity contribution in [2.24, 2.45) is 0 Å². The van der Waals surface area contributed by atoms with Crippen LogP contribution in [-0.4, -0.2) is 31.7 Å². The van der Waals surface area contributed by atoms with Crippen molar-refractivity contribution in [3.63, 3.8) is 0 Å². The van der Waals surface area contributed by atoms with Gasteiger partial charge < -0.3 is 19.1 Å². The molecule has 0 atom stereocenters. The summed E-state index contributed by atoms with van der Waals surface area (Å²) in [5.41, 5.74) is 1.06. The highest BCUT2D eigenvalue weighted by molar-refractivity contribution is 7.09. The molecule has 0 spiro atoms. The van der Waals surface area contributed by atoms with E-state index >= 15 is 0 Å². The van der Waals surface area contributed by atoms with Crippen molar-refractivity contribution in [2.75, 3.05) is 24.7 Å². The van der Waals surface area contributed by atoms with E-state index < -0.39 is 5.97 Å². The predicted molar refractivity (Wildman–Crippen MR) is 110 cm³/mol. The summed E-state index contributed by atoms with van der Waals surface area (Å²) in [6, 6.07) is 17.9. The number of fused-ring (bicyclic) bond motifs is 1. The van der Waals surface area contributed by atoms with Crippen molar-refractivity contribution in [3.8, 4) is 11.5 Å². The number of carbonyl (C=O) groups is 2. The molecule has 0 N–H and O–H groups in total. The van der Waals surface area contributed by atoms with Crippen molar-refractivity contribution < 1.29 is 23.8 Å². The van der Waals surface area contributed by atoms with Crippen LogP contribution in [0.15, 0.2) is 66.0 Å². The molecule has 0 bridgehead atoms. The van der Waals surface area contributed by atoms with Gasteiger partial charge in [-0.15, -0.1) is 11.3 Å². The van der Waals surface area contributed by atoms with Crippen LogP contribution in [0.25, 0.3) is 0 Å². The van der Waals surface area contributed by atoms with Crippen LogP contribution in [-0.2, 0) is 16.1 Å². The fourth-order valence-electron chi connectivity index (χ4n) is 2.94. The van der Waals surface area contributed by atoms with E-state index in [2.05, 4.69) is 0 Å². The molecule has 4 rings (SSSR count). The van der Waals surface area contributed by atoms with E-state index in [4.69, 9.17) is 14.2 Å². The first-order valence-corrected chi connectivity index (χ1v) is 10.0. The molecule has 29 heavy (non-hydrogen) atoms. The summed E-state index contributed by atoms with van der Waals surface area (Å²) in [6.07, 6.45) is 0. The summed E-state index contributed by atoms with van der Waals surface area (Å²) in [4.78, 5) is 27.7. The van der Waals surface area contributed by atoms with Crippen LogP contribution in [0.5, 0.6) is 11.5 Å². The van der Waals surface area contributed by atoms with Crippen LogP contribution in [0.2, 0.25) is 0 Å². The maximum Gasteiger partial charge on any atom is 0.338 e. The minimum absolute atomic E-state index is 0.320. The smallest absolute Gasteiger partial charge is 0.338 e. The van der Waals surface area contributed by atoms with Crippen LogP contribution >= 0.6 is 11.3 Å². The van der Waals surface area contributed by atoms with Gasteiger partial charge in [0.25, 0.3) is 5.91 Å². The van der Waals surface area contributed by atoms with Crippen molar-refractivity contribution >= 4 is 28.9 Å². The SMILES string of the molecule is O=C(OCC(=O)N(Cc1cccs1)c1ccc2c(c1)OCCO2)c1ccccc1. The normalized spacial score (nSPS) is 12.3. The average molecular weight is 409 g/mol. The van der Waals surface area contributed by atoms with E-state index in [-0.39, 0.29) is 12.5 Å². The van der Waals surface area contributed by atoms with E-state index in [1.807, 2.05) is 23.6 Å². The molecule has 2 aromatic carbocycles. The molecule has 0 aliphatic carbocycles. The summed E-state index contributed by atoms with van der Waals surface area (Å²) in [5, 5.41) is 1.96. The van der Waals surface area contributed by atoms with Crippen LogP contribution in [0.1, 0.15) is 15.2 Å². The molecule has 7 heteroatoms. The molecule has 1 aliphatic heterocycles. The van der Waals surface area contributed by atoms with Crippen LogP contribution in [0.4, 0.5) is 5.69 Å². The van der Waals surface area contributed by atoms with Gasteiger partial charge in [-0.25, -0.2) is 4.79 Å². The summed E-state index contributed by atoms with van der Waals surface area (Å²) in [5.74, 6) is 0.398. The number of hydrogen-bond donors (Lipinski definition) is 0. The van der Waals surface area contributed by atoms with Gasteiger partial charge >= 0.3 is 5.97 Å². The first kappa shape index (κ1) is 19.0. The highest BCUT2D eigenvalue weighted by Gasteiger charge is 2.22. The summed E-state index contributed by atoms with van der Waals surface area (Å²) in [6.45, 7) is 0.982. The molecule has 3 aromatic rings. The zero-order valence-electron chi connectivity index (χ0n) is 15.6. The molecule has 0 unspecified atom stereocenters. The second kappa shape index (κ2) is 8.79. The Balaban J connectivity index is 1.52. The first-order chi connectivity index (χ1) is 14.2. The zero-order chi connectivity index (χ0) is 20.1. The van der Waals surface area contributed by atoms with Gasteiger partial charge in [0.05, 0.1) is 12.1 Å². The monoisotopic (exact) mass is 409 g/mol. The number of benzene rings is 2. The third kappa shape index (κ3) is 4.57. The summed E-state index contributed by atoms with van der Waals surface area (Å²) >= 11 is 1.56. The molecular formula is C22H19NO5S. The van der Waals surface area contributed by atoms with E-state index in [1.54, 1.807) is 58.7 Å². The topological polar surface area (TPSA) is 65.1 Å². The number of anilines is 1. The molecule has 6 nitrogen and oxygen atoms in total. The molecule has 0 fully saturated rings. The Kier molecular flexibility index (Phi) is 5.76. The highest BCUT2D eigenvalue weighted by atomic mass is 32.1. The van der Waals surface area contributed by atoms with E-state index in [9.17, 15) is 9.59 Å². The maximum atomic E-state index is 13.0. The number of ether oxygens (including phenoxy) is 3. The molecule has 2 heterocycles. The minimum Gasteiger partial charge on any atom is -0.486 e. The van der Waals surface area contributed by atoms with Crippen molar-refractivity contribution in [1.82, 2.24) is 0 Å². The lowest BCUT2D eigenvalue weighted by molar-refractivity contribution is -0.121. The highest BCUT2D eigenvalue weighted by Crippen LogP contribution is 2.34. The fraction of sp³-hybridized carbons (Fsp3) is 0.182. The third-order valence-electron chi connectivity index (χ3n) is 4.37. The Morgan fingerprint density at radius 1 is 0.966 bits per heavy atom. The van der Waals surface area contributed by atoms with Gasteiger partial charge in [-0.3, -0.25) is 4.79 Å². The molecule has 1 aromatic heterocycles.